The number of hydrogen-bond acceptors (Lipinski definition) is 3. The van der Waals surface area contributed by atoms with Crippen molar-refractivity contribution < 1.29 is 13.2 Å². The fourth-order valence-corrected chi connectivity index (χ4v) is 7.23. The van der Waals surface area contributed by atoms with Crippen LogP contribution in [0, 0.1) is 11.6 Å². The van der Waals surface area contributed by atoms with Gasteiger partial charge in [-0.3, -0.25) is 4.98 Å². The van der Waals surface area contributed by atoms with Crippen molar-refractivity contribution >= 4 is 42.5 Å². The molecule has 1 aromatic carbocycles. The summed E-state index contributed by atoms with van der Waals surface area (Å²) >= 11 is 8.84. The lowest BCUT2D eigenvalue weighted by molar-refractivity contribution is 0.185. The molecule has 0 saturated carbocycles. The van der Waals surface area contributed by atoms with Crippen LogP contribution in [0.1, 0.15) is 43.6 Å². The van der Waals surface area contributed by atoms with Gasteiger partial charge < -0.3 is 9.74 Å². The number of hydrogen-bond donors (Lipinski definition) is 1. The van der Waals surface area contributed by atoms with E-state index in [2.05, 4.69) is 53.7 Å². The topological polar surface area (TPSA) is 34.1 Å². The predicted molar refractivity (Wildman–Crippen MR) is 126 cm³/mol. The van der Waals surface area contributed by atoms with Crippen molar-refractivity contribution in [3.8, 4) is 0 Å². The van der Waals surface area contributed by atoms with Crippen molar-refractivity contribution in [1.29, 1.82) is 0 Å². The van der Waals surface area contributed by atoms with Crippen molar-refractivity contribution in [1.82, 2.24) is 10.3 Å². The van der Waals surface area contributed by atoms with Crippen LogP contribution in [0.15, 0.2) is 30.6 Å². The summed E-state index contributed by atoms with van der Waals surface area (Å²) in [4.78, 5) is 4.22. The summed E-state index contributed by atoms with van der Waals surface area (Å²) in [7, 11) is -1.91. The van der Waals surface area contributed by atoms with Gasteiger partial charge in [-0.25, -0.2) is 8.78 Å². The molecule has 0 fully saturated rings. The first-order valence-corrected chi connectivity index (χ1v) is 14.3. The lowest BCUT2D eigenvalue weighted by Crippen LogP contribution is -2.40. The Bertz CT molecular complexity index is 780. The Balaban J connectivity index is 2.27. The normalized spacial score (nSPS) is 12.9. The van der Waals surface area contributed by atoms with Gasteiger partial charge in [0, 0.05) is 41.5 Å². The van der Waals surface area contributed by atoms with Gasteiger partial charge in [-0.05, 0) is 41.4 Å². The SMILES string of the molecule is CC[Si](CC)(CC)OC(CNCc1cc(F)cc(F)c1)c1c(Cl)cncc1CI. The maximum Gasteiger partial charge on any atom is 0.192 e. The second-order valence-corrected chi connectivity index (χ2v) is 13.0. The zero-order valence-corrected chi connectivity index (χ0v) is 21.0. The average molecular weight is 553 g/mol. The van der Waals surface area contributed by atoms with E-state index in [9.17, 15) is 8.78 Å². The van der Waals surface area contributed by atoms with E-state index in [1.54, 1.807) is 6.20 Å². The van der Waals surface area contributed by atoms with Crippen molar-refractivity contribution in [2.24, 2.45) is 0 Å². The first-order chi connectivity index (χ1) is 13.9. The highest BCUT2D eigenvalue weighted by molar-refractivity contribution is 14.1. The van der Waals surface area contributed by atoms with Crippen LogP contribution in [0.25, 0.3) is 0 Å². The molecule has 1 heterocycles. The largest absolute Gasteiger partial charge is 0.409 e. The summed E-state index contributed by atoms with van der Waals surface area (Å²) in [6, 6.07) is 6.62. The Morgan fingerprint density at radius 3 is 2.28 bits per heavy atom. The molecule has 1 N–H and O–H groups in total. The van der Waals surface area contributed by atoms with E-state index >= 15 is 0 Å². The minimum Gasteiger partial charge on any atom is -0.409 e. The highest BCUT2D eigenvalue weighted by Gasteiger charge is 2.34. The summed E-state index contributed by atoms with van der Waals surface area (Å²) in [6.45, 7) is 7.40. The summed E-state index contributed by atoms with van der Waals surface area (Å²) in [5, 5.41) is 3.90. The van der Waals surface area contributed by atoms with Crippen molar-refractivity contribution in [2.45, 2.75) is 56.0 Å². The molecule has 3 nitrogen and oxygen atoms in total. The van der Waals surface area contributed by atoms with Crippen LogP contribution < -0.4 is 5.32 Å². The summed E-state index contributed by atoms with van der Waals surface area (Å²) in [6.07, 6.45) is 3.25. The number of pyridine rings is 1. The molecule has 0 amide bonds. The second kappa shape index (κ2) is 11.7. The number of rotatable bonds is 11. The molecule has 1 unspecified atom stereocenters. The molecule has 0 aliphatic heterocycles. The summed E-state index contributed by atoms with van der Waals surface area (Å²) in [5.41, 5.74) is 2.57. The molecule has 1 aromatic heterocycles. The van der Waals surface area contributed by atoms with E-state index in [1.165, 1.54) is 12.1 Å². The van der Waals surface area contributed by atoms with Gasteiger partial charge in [0.05, 0.1) is 11.1 Å². The summed E-state index contributed by atoms with van der Waals surface area (Å²) in [5.74, 6) is -1.15. The van der Waals surface area contributed by atoms with Crippen LogP contribution in [0.2, 0.25) is 23.2 Å². The fourth-order valence-electron chi connectivity index (χ4n) is 3.52. The van der Waals surface area contributed by atoms with Crippen molar-refractivity contribution in [3.05, 3.63) is 63.9 Å². The van der Waals surface area contributed by atoms with Crippen LogP contribution >= 0.6 is 34.2 Å². The van der Waals surface area contributed by atoms with Crippen molar-refractivity contribution in [3.63, 3.8) is 0 Å². The van der Waals surface area contributed by atoms with Crippen LogP contribution in [0.5, 0.6) is 0 Å². The third kappa shape index (κ3) is 6.68. The van der Waals surface area contributed by atoms with Gasteiger partial charge in [-0.15, -0.1) is 0 Å². The van der Waals surface area contributed by atoms with Gasteiger partial charge in [0.1, 0.15) is 11.6 Å². The third-order valence-electron chi connectivity index (χ3n) is 5.39. The number of halogens is 4. The molecule has 29 heavy (non-hydrogen) atoms. The highest BCUT2D eigenvalue weighted by Crippen LogP contribution is 2.35. The molecule has 8 heteroatoms. The quantitative estimate of drug-likeness (QED) is 0.189. The molecular formula is C21H28ClF2IN2OSi. The number of nitrogens with zero attached hydrogens (tertiary/aromatic N) is 1. The van der Waals surface area contributed by atoms with E-state index in [-0.39, 0.29) is 6.10 Å². The Morgan fingerprint density at radius 2 is 1.72 bits per heavy atom. The van der Waals surface area contributed by atoms with E-state index in [0.29, 0.717) is 23.7 Å². The molecule has 2 aromatic rings. The Hall–Kier alpha value is -0.613. The molecule has 0 saturated heterocycles. The maximum absolute atomic E-state index is 13.5. The lowest BCUT2D eigenvalue weighted by atomic mass is 10.1. The highest BCUT2D eigenvalue weighted by atomic mass is 127. The molecule has 0 radical (unpaired) electrons. The van der Waals surface area contributed by atoms with Gasteiger partial charge in [0.15, 0.2) is 8.32 Å². The minimum absolute atomic E-state index is 0.236. The zero-order valence-electron chi connectivity index (χ0n) is 17.1. The van der Waals surface area contributed by atoms with E-state index in [0.717, 1.165) is 39.8 Å². The standard InChI is InChI=1S/C21H28ClF2IN2OSi/c1-4-29(5-2,6-3)28-20(21-16(10-25)12-27-13-19(21)22)14-26-11-15-7-17(23)9-18(24)8-15/h7-9,12-13,20,26H,4-6,10-11,14H2,1-3H3. The van der Waals surface area contributed by atoms with Gasteiger partial charge >= 0.3 is 0 Å². The molecule has 0 aliphatic carbocycles. The first-order valence-electron chi connectivity index (χ1n) is 9.89. The fraction of sp³-hybridized carbons (Fsp3) is 0.476. The Morgan fingerprint density at radius 1 is 1.10 bits per heavy atom. The number of aromatic nitrogens is 1. The van der Waals surface area contributed by atoms with Crippen LogP contribution in [-0.4, -0.2) is 19.8 Å². The molecule has 0 bridgehead atoms. The van der Waals surface area contributed by atoms with E-state index in [4.69, 9.17) is 16.0 Å². The molecular weight excluding hydrogens is 525 g/mol. The van der Waals surface area contributed by atoms with Crippen LogP contribution in [0.3, 0.4) is 0 Å². The minimum atomic E-state index is -1.91. The van der Waals surface area contributed by atoms with Crippen LogP contribution in [-0.2, 0) is 15.4 Å². The van der Waals surface area contributed by atoms with E-state index in [1.807, 2.05) is 6.20 Å². The van der Waals surface area contributed by atoms with Gasteiger partial charge in [0.25, 0.3) is 0 Å². The number of alkyl halides is 1. The number of nitrogens with one attached hydrogen (secondary N) is 1. The average Bonchev–Trinajstić information content (AvgIpc) is 2.70. The first kappa shape index (κ1) is 24.7. The Kier molecular flexibility index (Phi) is 9.94. The third-order valence-corrected chi connectivity index (χ3v) is 11.2. The van der Waals surface area contributed by atoms with Crippen molar-refractivity contribution in [2.75, 3.05) is 6.54 Å². The van der Waals surface area contributed by atoms with Gasteiger partial charge in [-0.1, -0.05) is 55.0 Å². The van der Waals surface area contributed by atoms with Gasteiger partial charge in [0.2, 0.25) is 0 Å². The smallest absolute Gasteiger partial charge is 0.192 e. The van der Waals surface area contributed by atoms with Gasteiger partial charge in [-0.2, -0.15) is 0 Å². The maximum atomic E-state index is 13.5. The van der Waals surface area contributed by atoms with E-state index < -0.39 is 20.0 Å². The molecule has 160 valence electrons. The Labute approximate surface area is 191 Å². The number of benzene rings is 1. The predicted octanol–water partition coefficient (Wildman–Crippen LogP) is 6.80. The molecule has 1 atom stereocenters. The molecule has 0 aliphatic rings. The molecule has 2 rings (SSSR count). The van der Waals surface area contributed by atoms with Crippen LogP contribution in [0.4, 0.5) is 8.78 Å². The lowest BCUT2D eigenvalue weighted by Gasteiger charge is -2.34. The zero-order chi connectivity index (χ0) is 21.4. The summed E-state index contributed by atoms with van der Waals surface area (Å²) < 4.78 is 34.5. The molecule has 0 spiro atoms. The monoisotopic (exact) mass is 552 g/mol. The second-order valence-electron chi connectivity index (χ2n) is 7.09.